The fourth-order valence-corrected chi connectivity index (χ4v) is 2.57. The summed E-state index contributed by atoms with van der Waals surface area (Å²) in [4.78, 5) is 30.8. The molecule has 21 heavy (non-hydrogen) atoms. The van der Waals surface area contributed by atoms with Crippen LogP contribution in [0.1, 0.15) is 28.8 Å². The van der Waals surface area contributed by atoms with Crippen LogP contribution >= 0.6 is 11.3 Å². The lowest BCUT2D eigenvalue weighted by Gasteiger charge is -2.07. The van der Waals surface area contributed by atoms with Crippen LogP contribution in [0.25, 0.3) is 0 Å². The Morgan fingerprint density at radius 3 is 3.00 bits per heavy atom. The van der Waals surface area contributed by atoms with E-state index >= 15 is 0 Å². The van der Waals surface area contributed by atoms with Crippen LogP contribution in [-0.4, -0.2) is 32.2 Å². The molecular weight excluding hydrogens is 292 g/mol. The van der Waals surface area contributed by atoms with E-state index in [0.29, 0.717) is 30.3 Å². The van der Waals surface area contributed by atoms with Crippen LogP contribution < -0.4 is 10.9 Å². The number of thiazole rings is 1. The zero-order valence-corrected chi connectivity index (χ0v) is 12.4. The quantitative estimate of drug-likeness (QED) is 0.804. The molecule has 2 heterocycles. The van der Waals surface area contributed by atoms with Gasteiger partial charge in [-0.3, -0.25) is 4.79 Å². The van der Waals surface area contributed by atoms with Gasteiger partial charge in [0.2, 0.25) is 0 Å². The Morgan fingerprint density at radius 2 is 2.33 bits per heavy atom. The molecule has 2 rings (SSSR count). The van der Waals surface area contributed by atoms with Gasteiger partial charge in [-0.25, -0.2) is 14.8 Å². The molecule has 0 aliphatic rings. The van der Waals surface area contributed by atoms with Gasteiger partial charge in [0.25, 0.3) is 5.56 Å². The fourth-order valence-electron chi connectivity index (χ4n) is 1.80. The molecule has 2 aromatic rings. The molecule has 0 saturated heterocycles. The number of nitrogens with zero attached hydrogens (tertiary/aromatic N) is 3. The largest absolute Gasteiger partial charge is 0.476 e. The zero-order chi connectivity index (χ0) is 15.2. The molecule has 7 nitrogen and oxygen atoms in total. The SMILES string of the molecule is CCCn1ccnc(NCCc2nc(C(=O)O)cs2)c1=O. The topological polar surface area (TPSA) is 97.1 Å². The van der Waals surface area contributed by atoms with E-state index in [-0.39, 0.29) is 11.3 Å². The van der Waals surface area contributed by atoms with Crippen molar-refractivity contribution in [1.29, 1.82) is 0 Å². The first-order chi connectivity index (χ1) is 10.1. The molecule has 0 spiro atoms. The lowest BCUT2D eigenvalue weighted by Crippen LogP contribution is -2.25. The molecule has 112 valence electrons. The number of aromatic nitrogens is 3. The van der Waals surface area contributed by atoms with E-state index in [1.807, 2.05) is 6.92 Å². The van der Waals surface area contributed by atoms with Crippen LogP contribution in [0.2, 0.25) is 0 Å². The Hall–Kier alpha value is -2.22. The van der Waals surface area contributed by atoms with Crippen LogP contribution in [0.4, 0.5) is 5.82 Å². The molecule has 0 unspecified atom stereocenters. The Bertz CT molecular complexity index is 680. The number of anilines is 1. The van der Waals surface area contributed by atoms with Crippen molar-refractivity contribution < 1.29 is 9.90 Å². The van der Waals surface area contributed by atoms with Gasteiger partial charge in [0.05, 0.1) is 5.01 Å². The third-order valence-electron chi connectivity index (χ3n) is 2.78. The minimum absolute atomic E-state index is 0.0538. The molecular formula is C13H16N4O3S. The minimum Gasteiger partial charge on any atom is -0.476 e. The summed E-state index contributed by atoms with van der Waals surface area (Å²) in [5, 5.41) is 14.0. The first-order valence-electron chi connectivity index (χ1n) is 6.58. The number of aromatic carboxylic acids is 1. The van der Waals surface area contributed by atoms with Crippen molar-refractivity contribution in [2.24, 2.45) is 0 Å². The van der Waals surface area contributed by atoms with Crippen molar-refractivity contribution in [3.63, 3.8) is 0 Å². The average Bonchev–Trinajstić information content (AvgIpc) is 2.92. The van der Waals surface area contributed by atoms with Gasteiger partial charge in [0.1, 0.15) is 0 Å². The van der Waals surface area contributed by atoms with Gasteiger partial charge in [-0.1, -0.05) is 6.92 Å². The summed E-state index contributed by atoms with van der Waals surface area (Å²) >= 11 is 1.29. The standard InChI is InChI=1S/C13H16N4O3S/c1-2-6-17-7-5-15-11(12(17)18)14-4-3-10-16-9(8-21-10)13(19)20/h5,7-8H,2-4,6H2,1H3,(H,14,15)(H,19,20). The summed E-state index contributed by atoms with van der Waals surface area (Å²) < 4.78 is 1.61. The van der Waals surface area contributed by atoms with Gasteiger partial charge in [-0.05, 0) is 6.42 Å². The fraction of sp³-hybridized carbons (Fsp3) is 0.385. The van der Waals surface area contributed by atoms with Crippen molar-refractivity contribution in [3.05, 3.63) is 38.8 Å². The number of hydrogen-bond donors (Lipinski definition) is 2. The van der Waals surface area contributed by atoms with Gasteiger partial charge in [0.15, 0.2) is 11.5 Å². The first kappa shape index (κ1) is 15.2. The third kappa shape index (κ3) is 3.88. The van der Waals surface area contributed by atoms with E-state index in [2.05, 4.69) is 15.3 Å². The van der Waals surface area contributed by atoms with Gasteiger partial charge in [-0.2, -0.15) is 0 Å². The predicted molar refractivity (Wildman–Crippen MR) is 80.1 cm³/mol. The Kier molecular flexibility index (Phi) is 5.04. The van der Waals surface area contributed by atoms with Gasteiger partial charge in [-0.15, -0.1) is 11.3 Å². The summed E-state index contributed by atoms with van der Waals surface area (Å²) in [5.74, 6) is -0.724. The summed E-state index contributed by atoms with van der Waals surface area (Å²) in [6.45, 7) is 3.14. The molecule has 2 N–H and O–H groups in total. The van der Waals surface area contributed by atoms with Crippen LogP contribution in [-0.2, 0) is 13.0 Å². The number of nitrogens with one attached hydrogen (secondary N) is 1. The van der Waals surface area contributed by atoms with Crippen molar-refractivity contribution in [2.45, 2.75) is 26.3 Å². The number of carboxylic acids is 1. The van der Waals surface area contributed by atoms with Gasteiger partial charge >= 0.3 is 5.97 Å². The Balaban J connectivity index is 1.95. The number of rotatable bonds is 7. The predicted octanol–water partition coefficient (Wildman–Crippen LogP) is 1.46. The molecule has 8 heteroatoms. The molecule has 0 saturated carbocycles. The second-order valence-corrected chi connectivity index (χ2v) is 5.33. The van der Waals surface area contributed by atoms with Crippen LogP contribution in [0.5, 0.6) is 0 Å². The summed E-state index contributed by atoms with van der Waals surface area (Å²) in [6.07, 6.45) is 4.67. The molecule has 0 fully saturated rings. The van der Waals surface area contributed by atoms with E-state index < -0.39 is 5.97 Å². The zero-order valence-electron chi connectivity index (χ0n) is 11.6. The second kappa shape index (κ2) is 6.98. The lowest BCUT2D eigenvalue weighted by molar-refractivity contribution is 0.0691. The molecule has 0 aliphatic carbocycles. The van der Waals surface area contributed by atoms with E-state index in [1.165, 1.54) is 16.7 Å². The van der Waals surface area contributed by atoms with E-state index in [1.54, 1.807) is 17.0 Å². The highest BCUT2D eigenvalue weighted by atomic mass is 32.1. The number of carboxylic acid groups (broad SMARTS) is 1. The maximum Gasteiger partial charge on any atom is 0.355 e. The van der Waals surface area contributed by atoms with Crippen molar-refractivity contribution >= 4 is 23.1 Å². The van der Waals surface area contributed by atoms with Gasteiger partial charge in [0, 0.05) is 37.3 Å². The van der Waals surface area contributed by atoms with Crippen LogP contribution in [0.15, 0.2) is 22.6 Å². The molecule has 0 atom stereocenters. The second-order valence-electron chi connectivity index (χ2n) is 4.38. The van der Waals surface area contributed by atoms with E-state index in [9.17, 15) is 9.59 Å². The lowest BCUT2D eigenvalue weighted by atomic mass is 10.4. The molecule has 0 aromatic carbocycles. The highest BCUT2D eigenvalue weighted by molar-refractivity contribution is 7.09. The minimum atomic E-state index is -1.03. The molecule has 2 aromatic heterocycles. The summed E-state index contributed by atoms with van der Waals surface area (Å²) in [5.41, 5.74) is -0.0946. The maximum absolute atomic E-state index is 12.0. The smallest absolute Gasteiger partial charge is 0.355 e. The maximum atomic E-state index is 12.0. The average molecular weight is 308 g/mol. The molecule has 0 radical (unpaired) electrons. The van der Waals surface area contributed by atoms with Crippen LogP contribution in [0.3, 0.4) is 0 Å². The Morgan fingerprint density at radius 1 is 1.52 bits per heavy atom. The third-order valence-corrected chi connectivity index (χ3v) is 3.69. The Labute approximate surface area is 125 Å². The first-order valence-corrected chi connectivity index (χ1v) is 7.46. The highest BCUT2D eigenvalue weighted by Gasteiger charge is 2.09. The van der Waals surface area contributed by atoms with Crippen molar-refractivity contribution in [1.82, 2.24) is 14.5 Å². The molecule has 0 aliphatic heterocycles. The highest BCUT2D eigenvalue weighted by Crippen LogP contribution is 2.10. The number of carbonyl (C=O) groups is 1. The summed E-state index contributed by atoms with van der Waals surface area (Å²) in [6, 6.07) is 0. The number of hydrogen-bond acceptors (Lipinski definition) is 6. The van der Waals surface area contributed by atoms with Crippen LogP contribution in [0, 0.1) is 0 Å². The monoisotopic (exact) mass is 308 g/mol. The van der Waals surface area contributed by atoms with E-state index in [4.69, 9.17) is 5.11 Å². The normalized spacial score (nSPS) is 10.5. The van der Waals surface area contributed by atoms with Crippen molar-refractivity contribution in [3.8, 4) is 0 Å². The van der Waals surface area contributed by atoms with Gasteiger partial charge < -0.3 is 15.0 Å². The van der Waals surface area contributed by atoms with E-state index in [0.717, 1.165) is 6.42 Å². The molecule has 0 bridgehead atoms. The number of aryl methyl sites for hydroxylation is 1. The summed E-state index contributed by atoms with van der Waals surface area (Å²) in [7, 11) is 0. The molecule has 0 amide bonds. The van der Waals surface area contributed by atoms with Crippen molar-refractivity contribution in [2.75, 3.05) is 11.9 Å².